The van der Waals surface area contributed by atoms with Crippen molar-refractivity contribution in [2.24, 2.45) is 11.7 Å². The van der Waals surface area contributed by atoms with Crippen molar-refractivity contribution in [3.8, 4) is 0 Å². The molecule has 148 valence electrons. The number of pyridine rings is 1. The smallest absolute Gasteiger partial charge is 0.312 e. The molecule has 0 spiro atoms. The van der Waals surface area contributed by atoms with E-state index in [1.54, 1.807) is 0 Å². The van der Waals surface area contributed by atoms with E-state index in [1.807, 2.05) is 6.92 Å². The van der Waals surface area contributed by atoms with Gasteiger partial charge in [0.05, 0.1) is 5.69 Å². The number of rotatable bonds is 8. The molecule has 0 amide bonds. The minimum absolute atomic E-state index is 0.245. The minimum Gasteiger partial charge on any atom is -0.454 e. The van der Waals surface area contributed by atoms with Crippen LogP contribution >= 0.6 is 0 Å². The fourth-order valence-corrected chi connectivity index (χ4v) is 3.00. The molecule has 3 N–H and O–H groups in total. The standard InChI is InChI=1S/C19H25F2N3O3/c1-3-15-14(16(25)11(2)7-12-5-4-6-26-10-12)8-13(9-24-15)18(22)27-19(23)17(20)21/h8-9,12,17-18,23H,2-7,10,22H2,1H3. The Morgan fingerprint density at radius 3 is 2.89 bits per heavy atom. The number of carbonyl (C=O) groups is 1. The zero-order valence-electron chi connectivity index (χ0n) is 15.3. The van der Waals surface area contributed by atoms with Gasteiger partial charge in [-0.05, 0) is 43.2 Å². The molecule has 2 rings (SSSR count). The molecule has 0 aliphatic carbocycles. The van der Waals surface area contributed by atoms with Gasteiger partial charge in [-0.3, -0.25) is 20.9 Å². The maximum atomic E-state index is 12.9. The Kier molecular flexibility index (Phi) is 7.55. The minimum atomic E-state index is -3.06. The summed E-state index contributed by atoms with van der Waals surface area (Å²) < 4.78 is 35.1. The molecule has 1 aliphatic heterocycles. The Morgan fingerprint density at radius 2 is 2.30 bits per heavy atom. The zero-order chi connectivity index (χ0) is 20.0. The van der Waals surface area contributed by atoms with Gasteiger partial charge >= 0.3 is 6.43 Å². The molecule has 1 saturated heterocycles. The van der Waals surface area contributed by atoms with Gasteiger partial charge in [-0.1, -0.05) is 13.5 Å². The number of ether oxygens (including phenoxy) is 2. The number of aromatic nitrogens is 1. The second-order valence-electron chi connectivity index (χ2n) is 6.54. The predicted molar refractivity (Wildman–Crippen MR) is 97.0 cm³/mol. The third-order valence-electron chi connectivity index (χ3n) is 4.46. The molecule has 2 heterocycles. The quantitative estimate of drug-likeness (QED) is 0.236. The van der Waals surface area contributed by atoms with Crippen LogP contribution in [0.1, 0.15) is 54.0 Å². The summed E-state index contributed by atoms with van der Waals surface area (Å²) in [4.78, 5) is 17.1. The first kappa shape index (κ1) is 21.1. The third kappa shape index (κ3) is 5.64. The van der Waals surface area contributed by atoms with E-state index >= 15 is 0 Å². The first-order chi connectivity index (χ1) is 12.8. The predicted octanol–water partition coefficient (Wildman–Crippen LogP) is 3.42. The molecule has 0 radical (unpaired) electrons. The molecule has 1 aliphatic rings. The molecular weight excluding hydrogens is 356 g/mol. The number of allylic oxidation sites excluding steroid dienone is 1. The molecule has 8 heteroatoms. The molecule has 1 aromatic heterocycles. The van der Waals surface area contributed by atoms with E-state index < -0.39 is 18.6 Å². The number of aryl methyl sites for hydroxylation is 1. The Hall–Kier alpha value is -2.19. The van der Waals surface area contributed by atoms with Gasteiger partial charge < -0.3 is 9.47 Å². The number of nitrogens with two attached hydrogens (primary N) is 1. The maximum absolute atomic E-state index is 12.9. The van der Waals surface area contributed by atoms with Gasteiger partial charge in [-0.2, -0.15) is 8.78 Å². The van der Waals surface area contributed by atoms with Crippen LogP contribution < -0.4 is 5.73 Å². The van der Waals surface area contributed by atoms with Crippen molar-refractivity contribution in [1.82, 2.24) is 4.98 Å². The van der Waals surface area contributed by atoms with E-state index in [1.165, 1.54) is 12.3 Å². The van der Waals surface area contributed by atoms with Gasteiger partial charge in [0.2, 0.25) is 0 Å². The Morgan fingerprint density at radius 1 is 1.56 bits per heavy atom. The summed E-state index contributed by atoms with van der Waals surface area (Å²) in [5.41, 5.74) is 7.33. The second kappa shape index (κ2) is 9.66. The number of carbonyl (C=O) groups excluding carboxylic acids is 1. The highest BCUT2D eigenvalue weighted by atomic mass is 19.3. The van der Waals surface area contributed by atoms with Gasteiger partial charge in [-0.15, -0.1) is 0 Å². The van der Waals surface area contributed by atoms with E-state index in [2.05, 4.69) is 11.6 Å². The third-order valence-corrected chi connectivity index (χ3v) is 4.46. The molecule has 0 bridgehead atoms. The van der Waals surface area contributed by atoms with E-state index in [-0.39, 0.29) is 17.3 Å². The Labute approximate surface area is 157 Å². The molecule has 1 aromatic rings. The van der Waals surface area contributed by atoms with Crippen LogP contribution in [0.5, 0.6) is 0 Å². The highest BCUT2D eigenvalue weighted by Crippen LogP contribution is 2.25. The molecule has 6 nitrogen and oxygen atoms in total. The van der Waals surface area contributed by atoms with Crippen molar-refractivity contribution in [2.75, 3.05) is 13.2 Å². The Balaban J connectivity index is 2.16. The maximum Gasteiger partial charge on any atom is 0.312 e. The topological polar surface area (TPSA) is 98.3 Å². The highest BCUT2D eigenvalue weighted by molar-refractivity contribution is 6.09. The van der Waals surface area contributed by atoms with Crippen molar-refractivity contribution < 1.29 is 23.0 Å². The Bertz CT molecular complexity index is 703. The lowest BCUT2D eigenvalue weighted by Gasteiger charge is -2.22. The number of hydrogen-bond acceptors (Lipinski definition) is 6. The molecule has 0 saturated carbocycles. The summed E-state index contributed by atoms with van der Waals surface area (Å²) in [5, 5.41) is 7.09. The number of nitrogens with zero attached hydrogens (tertiary/aromatic N) is 1. The van der Waals surface area contributed by atoms with Crippen molar-refractivity contribution >= 4 is 11.7 Å². The van der Waals surface area contributed by atoms with Crippen LogP contribution in [0.25, 0.3) is 0 Å². The van der Waals surface area contributed by atoms with Crippen LogP contribution in [-0.2, 0) is 15.9 Å². The van der Waals surface area contributed by atoms with E-state index in [0.717, 1.165) is 19.4 Å². The van der Waals surface area contributed by atoms with Crippen LogP contribution in [-0.4, -0.2) is 36.3 Å². The van der Waals surface area contributed by atoms with Gasteiger partial charge in [0.1, 0.15) is 0 Å². The largest absolute Gasteiger partial charge is 0.454 e. The van der Waals surface area contributed by atoms with E-state index in [9.17, 15) is 13.6 Å². The molecule has 1 fully saturated rings. The molecular formula is C19H25F2N3O3. The average Bonchev–Trinajstić information content (AvgIpc) is 2.67. The van der Waals surface area contributed by atoms with Crippen LogP contribution in [0.15, 0.2) is 24.4 Å². The van der Waals surface area contributed by atoms with Gasteiger partial charge in [0.25, 0.3) is 5.90 Å². The number of ketones is 1. The number of alkyl halides is 2. The van der Waals surface area contributed by atoms with Gasteiger partial charge in [-0.25, -0.2) is 0 Å². The van der Waals surface area contributed by atoms with Crippen LogP contribution in [0.4, 0.5) is 8.78 Å². The highest BCUT2D eigenvalue weighted by Gasteiger charge is 2.23. The first-order valence-electron chi connectivity index (χ1n) is 8.91. The van der Waals surface area contributed by atoms with E-state index in [0.29, 0.717) is 36.3 Å². The zero-order valence-corrected chi connectivity index (χ0v) is 15.3. The average molecular weight is 381 g/mol. The summed E-state index contributed by atoms with van der Waals surface area (Å²) in [5.74, 6) is -1.21. The second-order valence-corrected chi connectivity index (χ2v) is 6.54. The van der Waals surface area contributed by atoms with Crippen molar-refractivity contribution in [2.45, 2.75) is 45.3 Å². The van der Waals surface area contributed by atoms with Crippen LogP contribution in [0.2, 0.25) is 0 Å². The number of nitrogens with one attached hydrogen (secondary N) is 1. The van der Waals surface area contributed by atoms with Crippen LogP contribution in [0.3, 0.4) is 0 Å². The summed E-state index contributed by atoms with van der Waals surface area (Å²) in [6.45, 7) is 7.13. The lowest BCUT2D eigenvalue weighted by Crippen LogP contribution is -2.24. The van der Waals surface area contributed by atoms with Gasteiger partial charge in [0.15, 0.2) is 12.0 Å². The SMILES string of the molecule is C=C(CC1CCCOC1)C(=O)c1cc(C(N)OC(=N)C(F)F)cnc1CC. The number of hydrogen-bond donors (Lipinski definition) is 2. The molecule has 2 atom stereocenters. The normalized spacial score (nSPS) is 18.2. The molecule has 27 heavy (non-hydrogen) atoms. The van der Waals surface area contributed by atoms with Crippen molar-refractivity contribution in [3.05, 3.63) is 41.2 Å². The fraction of sp³-hybridized carbons (Fsp3) is 0.526. The summed E-state index contributed by atoms with van der Waals surface area (Å²) in [7, 11) is 0. The lowest BCUT2D eigenvalue weighted by molar-refractivity contribution is 0.0545. The molecule has 2 unspecified atom stereocenters. The fourth-order valence-electron chi connectivity index (χ4n) is 3.00. The van der Waals surface area contributed by atoms with Crippen LogP contribution in [0, 0.1) is 11.3 Å². The lowest BCUT2D eigenvalue weighted by atomic mass is 9.90. The summed E-state index contributed by atoms with van der Waals surface area (Å²) in [6, 6.07) is 1.49. The summed E-state index contributed by atoms with van der Waals surface area (Å²) in [6.07, 6.45) is 0.00538. The number of halogens is 2. The number of Topliss-reactive ketones (excluding diaryl/α,β-unsaturated/α-hetero) is 1. The van der Waals surface area contributed by atoms with Crippen molar-refractivity contribution in [3.63, 3.8) is 0 Å². The van der Waals surface area contributed by atoms with Crippen molar-refractivity contribution in [1.29, 1.82) is 5.41 Å². The van der Waals surface area contributed by atoms with E-state index in [4.69, 9.17) is 20.6 Å². The molecule has 0 aromatic carbocycles. The first-order valence-corrected chi connectivity index (χ1v) is 8.91. The summed E-state index contributed by atoms with van der Waals surface area (Å²) >= 11 is 0. The van der Waals surface area contributed by atoms with Gasteiger partial charge in [0, 0.05) is 30.5 Å². The monoisotopic (exact) mass is 381 g/mol.